The molecule has 0 aromatic carbocycles. The number of hydrogen-bond donors (Lipinski definition) is 3. The third-order valence-corrected chi connectivity index (χ3v) is 14.0. The molecule has 0 rings (SSSR count). The van der Waals surface area contributed by atoms with E-state index in [1.807, 2.05) is 27.2 Å². The van der Waals surface area contributed by atoms with Crippen LogP contribution in [0.4, 0.5) is 0 Å². The van der Waals surface area contributed by atoms with Gasteiger partial charge in [0.2, 0.25) is 5.91 Å². The third-order valence-electron chi connectivity index (χ3n) is 13.0. The number of nitrogens with zero attached hydrogens (tertiary/aromatic N) is 1. The molecule has 0 heterocycles. The van der Waals surface area contributed by atoms with Crippen molar-refractivity contribution in [3.05, 3.63) is 12.2 Å². The predicted octanol–water partition coefficient (Wildman–Crippen LogP) is 16.7. The normalized spacial score (nSPS) is 14.0. The van der Waals surface area contributed by atoms with E-state index in [9.17, 15) is 19.4 Å². The Bertz CT molecular complexity index is 1050. The summed E-state index contributed by atoms with van der Waals surface area (Å²) in [6, 6.07) is -0.841. The Labute approximate surface area is 399 Å². The van der Waals surface area contributed by atoms with Gasteiger partial charge >= 0.3 is 7.82 Å². The van der Waals surface area contributed by atoms with Crippen molar-refractivity contribution in [2.45, 2.75) is 296 Å². The van der Waals surface area contributed by atoms with Crippen LogP contribution in [-0.4, -0.2) is 73.4 Å². The van der Waals surface area contributed by atoms with Crippen LogP contribution >= 0.6 is 7.82 Å². The first-order valence-corrected chi connectivity index (χ1v) is 29.6. The van der Waals surface area contributed by atoms with Gasteiger partial charge in [0.15, 0.2) is 0 Å². The zero-order chi connectivity index (χ0) is 47.1. The van der Waals surface area contributed by atoms with Crippen LogP contribution in [-0.2, 0) is 18.4 Å². The minimum Gasteiger partial charge on any atom is -0.387 e. The molecule has 0 saturated heterocycles. The molecule has 9 heteroatoms. The predicted molar refractivity (Wildman–Crippen MR) is 277 cm³/mol. The molecule has 1 amide bonds. The number of carbonyl (C=O) groups excluding carboxylic acids is 1. The fraction of sp³-hybridized carbons (Fsp3) is 0.945. The third kappa shape index (κ3) is 49.2. The SMILES string of the molecule is CCCCCCCCCCCCC/C=C/C(O)C(COP(=O)(O)OCC[N+](C)(C)C)NC(=O)CCCCCCCCCCCCCCCCCCCCCCCCCCCCCCC. The summed E-state index contributed by atoms with van der Waals surface area (Å²) in [7, 11) is 1.59. The first-order chi connectivity index (χ1) is 31.0. The number of allylic oxidation sites excluding steroid dienone is 1. The molecule has 3 N–H and O–H groups in total. The highest BCUT2D eigenvalue weighted by Crippen LogP contribution is 2.43. The van der Waals surface area contributed by atoms with Crippen molar-refractivity contribution in [2.24, 2.45) is 0 Å². The second kappa shape index (κ2) is 47.3. The second-order valence-electron chi connectivity index (χ2n) is 20.7. The molecular formula is C55H112N2O6P+. The van der Waals surface area contributed by atoms with Gasteiger partial charge in [0.05, 0.1) is 39.9 Å². The summed E-state index contributed by atoms with van der Waals surface area (Å²) < 4.78 is 23.6. The quantitative estimate of drug-likeness (QED) is 0.0243. The first-order valence-electron chi connectivity index (χ1n) is 28.1. The molecule has 0 aliphatic heterocycles. The fourth-order valence-electron chi connectivity index (χ4n) is 8.57. The van der Waals surface area contributed by atoms with E-state index >= 15 is 0 Å². The number of phosphoric acid groups is 1. The topological polar surface area (TPSA) is 105 Å². The van der Waals surface area contributed by atoms with Gasteiger partial charge in [0, 0.05) is 6.42 Å². The Hall–Kier alpha value is -0.760. The number of phosphoric ester groups is 1. The molecule has 0 aliphatic rings. The molecule has 382 valence electrons. The first kappa shape index (κ1) is 63.2. The molecule has 0 radical (unpaired) electrons. The maximum Gasteiger partial charge on any atom is 0.472 e. The largest absolute Gasteiger partial charge is 0.472 e. The van der Waals surface area contributed by atoms with Gasteiger partial charge in [0.1, 0.15) is 13.2 Å². The molecule has 0 spiro atoms. The highest BCUT2D eigenvalue weighted by atomic mass is 31.2. The van der Waals surface area contributed by atoms with Crippen molar-refractivity contribution in [2.75, 3.05) is 40.9 Å². The standard InChI is InChI=1S/C55H111N2O6P/c1-6-8-10-12-14-16-18-20-21-22-23-24-25-26-27-28-29-30-31-32-33-34-35-37-39-41-43-45-47-49-55(59)56-53(52-63-64(60,61)62-51-50-57(3,4)5)54(58)48-46-44-42-40-38-36-19-17-15-13-11-9-7-2/h46,48,53-54,58H,6-45,47,49-52H2,1-5H3,(H-,56,59,60,61)/p+1/b48-46+. The molecule has 3 atom stereocenters. The van der Waals surface area contributed by atoms with Gasteiger partial charge in [-0.15, -0.1) is 0 Å². The Morgan fingerprint density at radius 2 is 0.828 bits per heavy atom. The Morgan fingerprint density at radius 1 is 0.516 bits per heavy atom. The zero-order valence-electron chi connectivity index (χ0n) is 43.6. The molecule has 0 aliphatic carbocycles. The van der Waals surface area contributed by atoms with Gasteiger partial charge in [-0.1, -0.05) is 270 Å². The van der Waals surface area contributed by atoms with Crippen LogP contribution in [0.15, 0.2) is 12.2 Å². The van der Waals surface area contributed by atoms with E-state index in [-0.39, 0.29) is 19.1 Å². The van der Waals surface area contributed by atoms with Gasteiger partial charge in [-0.25, -0.2) is 4.57 Å². The van der Waals surface area contributed by atoms with Crippen LogP contribution in [0.25, 0.3) is 0 Å². The molecule has 0 saturated carbocycles. The summed E-state index contributed by atoms with van der Waals surface area (Å²) >= 11 is 0. The minimum atomic E-state index is -4.34. The summed E-state index contributed by atoms with van der Waals surface area (Å²) in [4.78, 5) is 23.2. The molecule has 64 heavy (non-hydrogen) atoms. The van der Waals surface area contributed by atoms with Gasteiger partial charge in [0.25, 0.3) is 0 Å². The lowest BCUT2D eigenvalue weighted by molar-refractivity contribution is -0.870. The van der Waals surface area contributed by atoms with Crippen LogP contribution in [0.2, 0.25) is 0 Å². The van der Waals surface area contributed by atoms with Crippen molar-refractivity contribution in [1.29, 1.82) is 0 Å². The van der Waals surface area contributed by atoms with Crippen molar-refractivity contribution >= 4 is 13.7 Å². The molecule has 8 nitrogen and oxygen atoms in total. The van der Waals surface area contributed by atoms with Gasteiger partial charge in [-0.2, -0.15) is 0 Å². The number of amides is 1. The maximum atomic E-state index is 12.9. The maximum absolute atomic E-state index is 12.9. The highest BCUT2D eigenvalue weighted by Gasteiger charge is 2.27. The zero-order valence-corrected chi connectivity index (χ0v) is 44.4. The summed E-state index contributed by atoms with van der Waals surface area (Å²) in [6.45, 7) is 4.85. The van der Waals surface area contributed by atoms with Gasteiger partial charge in [-0.3, -0.25) is 13.8 Å². The van der Waals surface area contributed by atoms with Crippen molar-refractivity contribution < 1.29 is 32.9 Å². The number of unbranched alkanes of at least 4 members (excludes halogenated alkanes) is 39. The van der Waals surface area contributed by atoms with Crippen molar-refractivity contribution in [1.82, 2.24) is 5.32 Å². The Kier molecular flexibility index (Phi) is 46.8. The monoisotopic (exact) mass is 928 g/mol. The number of aliphatic hydroxyl groups excluding tert-OH is 1. The minimum absolute atomic E-state index is 0.0649. The van der Waals surface area contributed by atoms with Gasteiger partial charge < -0.3 is 19.8 Å². The molecular weight excluding hydrogens is 816 g/mol. The summed E-state index contributed by atoms with van der Waals surface area (Å²) in [5, 5.41) is 13.9. The number of quaternary nitrogens is 1. The average molecular weight is 928 g/mol. The molecule has 0 aromatic rings. The number of nitrogens with one attached hydrogen (secondary N) is 1. The second-order valence-corrected chi connectivity index (χ2v) is 22.1. The summed E-state index contributed by atoms with van der Waals surface area (Å²) in [5.74, 6) is -0.171. The van der Waals surface area contributed by atoms with E-state index in [1.165, 1.54) is 225 Å². The van der Waals surface area contributed by atoms with E-state index in [4.69, 9.17) is 9.05 Å². The average Bonchev–Trinajstić information content (AvgIpc) is 3.25. The number of hydrogen-bond acceptors (Lipinski definition) is 5. The number of likely N-dealkylation sites (N-methyl/N-ethyl adjacent to an activating group) is 1. The van der Waals surface area contributed by atoms with E-state index < -0.39 is 20.0 Å². The fourth-order valence-corrected chi connectivity index (χ4v) is 9.31. The summed E-state index contributed by atoms with van der Waals surface area (Å²) in [5.41, 5.74) is 0. The van der Waals surface area contributed by atoms with Crippen molar-refractivity contribution in [3.63, 3.8) is 0 Å². The number of carbonyl (C=O) groups is 1. The van der Waals surface area contributed by atoms with E-state index in [0.29, 0.717) is 17.4 Å². The lowest BCUT2D eigenvalue weighted by atomic mass is 10.0. The van der Waals surface area contributed by atoms with E-state index in [0.717, 1.165) is 38.5 Å². The van der Waals surface area contributed by atoms with Crippen molar-refractivity contribution in [3.8, 4) is 0 Å². The molecule has 0 bridgehead atoms. The number of aliphatic hydroxyl groups is 1. The Morgan fingerprint density at radius 3 is 1.16 bits per heavy atom. The lowest BCUT2D eigenvalue weighted by Gasteiger charge is -2.25. The van der Waals surface area contributed by atoms with Crippen LogP contribution in [0.3, 0.4) is 0 Å². The Balaban J connectivity index is 4.03. The van der Waals surface area contributed by atoms with E-state index in [1.54, 1.807) is 6.08 Å². The highest BCUT2D eigenvalue weighted by molar-refractivity contribution is 7.47. The van der Waals surface area contributed by atoms with Crippen LogP contribution in [0.1, 0.15) is 284 Å². The van der Waals surface area contributed by atoms with E-state index in [2.05, 4.69) is 19.2 Å². The number of rotatable bonds is 52. The smallest absolute Gasteiger partial charge is 0.387 e. The van der Waals surface area contributed by atoms with Crippen LogP contribution < -0.4 is 5.32 Å². The summed E-state index contributed by atoms with van der Waals surface area (Å²) in [6.07, 6.45) is 57.5. The van der Waals surface area contributed by atoms with Crippen LogP contribution in [0.5, 0.6) is 0 Å². The molecule has 0 fully saturated rings. The molecule has 3 unspecified atom stereocenters. The van der Waals surface area contributed by atoms with Gasteiger partial charge in [-0.05, 0) is 19.3 Å². The lowest BCUT2D eigenvalue weighted by Crippen LogP contribution is -2.45. The van der Waals surface area contributed by atoms with Crippen LogP contribution in [0, 0.1) is 0 Å². The molecule has 0 aromatic heterocycles.